The number of rotatable bonds is 4. The van der Waals surface area contributed by atoms with Crippen LogP contribution < -0.4 is 9.47 Å². The van der Waals surface area contributed by atoms with Crippen molar-refractivity contribution in [2.24, 2.45) is 0 Å². The van der Waals surface area contributed by atoms with Gasteiger partial charge in [0.2, 0.25) is 5.78 Å². The van der Waals surface area contributed by atoms with Crippen molar-refractivity contribution in [1.82, 2.24) is 4.90 Å². The minimum atomic E-state index is -0.325. The van der Waals surface area contributed by atoms with Crippen molar-refractivity contribution in [3.63, 3.8) is 0 Å². The molecular weight excluding hydrogens is 429 g/mol. The fourth-order valence-electron chi connectivity index (χ4n) is 4.13. The molecule has 0 atom stereocenters. The molecule has 2 aliphatic rings. The first-order chi connectivity index (χ1) is 15.5. The maximum atomic E-state index is 13.2. The van der Waals surface area contributed by atoms with Crippen LogP contribution in [-0.2, 0) is 13.0 Å². The number of nitrogens with zero attached hydrogens (tertiary/aromatic N) is 1. The van der Waals surface area contributed by atoms with E-state index in [1.54, 1.807) is 18.2 Å². The Kier molecular flexibility index (Phi) is 5.45. The van der Waals surface area contributed by atoms with Crippen LogP contribution in [0.15, 0.2) is 60.4 Å². The Hall–Kier alpha value is -3.15. The molecule has 2 heterocycles. The number of halogens is 2. The van der Waals surface area contributed by atoms with Gasteiger partial charge in [0.25, 0.3) is 0 Å². The van der Waals surface area contributed by atoms with Crippen LogP contribution in [0, 0.1) is 12.7 Å². The first-order valence-electron chi connectivity index (χ1n) is 10.4. The molecule has 0 aliphatic carbocycles. The number of ether oxygens (including phenoxy) is 2. The van der Waals surface area contributed by atoms with Crippen molar-refractivity contribution in [3.05, 3.63) is 99.0 Å². The molecule has 0 radical (unpaired) electrons. The van der Waals surface area contributed by atoms with Crippen LogP contribution in [0.25, 0.3) is 6.08 Å². The zero-order chi connectivity index (χ0) is 22.2. The Morgan fingerprint density at radius 2 is 1.91 bits per heavy atom. The summed E-state index contributed by atoms with van der Waals surface area (Å²) in [7, 11) is 0. The van der Waals surface area contributed by atoms with E-state index in [-0.39, 0.29) is 17.4 Å². The van der Waals surface area contributed by atoms with Gasteiger partial charge in [0.1, 0.15) is 24.0 Å². The largest absolute Gasteiger partial charge is 0.477 e. The van der Waals surface area contributed by atoms with Crippen LogP contribution in [0.4, 0.5) is 4.39 Å². The van der Waals surface area contributed by atoms with Crippen LogP contribution >= 0.6 is 11.6 Å². The quantitative estimate of drug-likeness (QED) is 0.472. The molecule has 3 aromatic rings. The molecule has 0 unspecified atom stereocenters. The monoisotopic (exact) mass is 449 g/mol. The molecule has 0 N–H and O–H groups in total. The van der Waals surface area contributed by atoms with E-state index in [4.69, 9.17) is 21.1 Å². The second-order valence-corrected chi connectivity index (χ2v) is 8.43. The number of Topliss-reactive ketones (excluding diaryl/α,β-unsaturated/α-hetero) is 1. The lowest BCUT2D eigenvalue weighted by Gasteiger charge is -2.30. The second kappa shape index (κ2) is 8.41. The maximum absolute atomic E-state index is 13.2. The van der Waals surface area contributed by atoms with E-state index in [0.717, 1.165) is 40.4 Å². The normalized spacial score (nSPS) is 16.5. The van der Waals surface area contributed by atoms with Gasteiger partial charge in [-0.15, -0.1) is 0 Å². The van der Waals surface area contributed by atoms with Gasteiger partial charge in [-0.25, -0.2) is 4.39 Å². The summed E-state index contributed by atoms with van der Waals surface area (Å²) in [6.45, 7) is 3.84. The van der Waals surface area contributed by atoms with Crippen molar-refractivity contribution < 1.29 is 18.7 Å². The number of allylic oxidation sites excluding steroid dienone is 1. The van der Waals surface area contributed by atoms with E-state index < -0.39 is 0 Å². The SMILES string of the molecule is Cc1c2c(cc3c1O/C(=C\c1ccc(F)cc1)C3=O)CN(CCc1ccccc1Cl)CO2. The summed E-state index contributed by atoms with van der Waals surface area (Å²) >= 11 is 6.28. The predicted octanol–water partition coefficient (Wildman–Crippen LogP) is 5.80. The van der Waals surface area contributed by atoms with Gasteiger partial charge in [-0.1, -0.05) is 41.9 Å². The van der Waals surface area contributed by atoms with Crippen molar-refractivity contribution >= 4 is 23.5 Å². The fraction of sp³-hybridized carbons (Fsp3) is 0.192. The average Bonchev–Trinajstić information content (AvgIpc) is 3.10. The average molecular weight is 450 g/mol. The highest BCUT2D eigenvalue weighted by Gasteiger charge is 2.33. The van der Waals surface area contributed by atoms with Gasteiger partial charge < -0.3 is 9.47 Å². The number of ketones is 1. The minimum Gasteiger partial charge on any atom is -0.477 e. The van der Waals surface area contributed by atoms with Crippen LogP contribution in [0.3, 0.4) is 0 Å². The Balaban J connectivity index is 1.36. The standard InChI is InChI=1S/C26H21ClFNO3/c1-16-25-19(14-29(15-31-25)11-10-18-4-2-3-5-22(18)27)13-21-24(30)23(32-26(16)21)12-17-6-8-20(28)9-7-17/h2-9,12-13H,10-11,14-15H2,1H3/b23-12-. The van der Waals surface area contributed by atoms with Crippen molar-refractivity contribution in [3.8, 4) is 11.5 Å². The van der Waals surface area contributed by atoms with Gasteiger partial charge in [-0.2, -0.15) is 0 Å². The Morgan fingerprint density at radius 3 is 2.69 bits per heavy atom. The summed E-state index contributed by atoms with van der Waals surface area (Å²) in [4.78, 5) is 15.2. The van der Waals surface area contributed by atoms with E-state index in [1.165, 1.54) is 12.1 Å². The Labute approximate surface area is 190 Å². The molecule has 4 nitrogen and oxygen atoms in total. The van der Waals surface area contributed by atoms with Crippen molar-refractivity contribution in [2.75, 3.05) is 13.3 Å². The molecule has 2 aliphatic heterocycles. The molecule has 3 aromatic carbocycles. The number of benzene rings is 3. The maximum Gasteiger partial charge on any atom is 0.231 e. The van der Waals surface area contributed by atoms with Crippen LogP contribution in [0.1, 0.15) is 32.6 Å². The van der Waals surface area contributed by atoms with Gasteiger partial charge in [-0.05, 0) is 54.8 Å². The summed E-state index contributed by atoms with van der Waals surface area (Å²) < 4.78 is 25.1. The lowest BCUT2D eigenvalue weighted by atomic mass is 10.00. The highest BCUT2D eigenvalue weighted by atomic mass is 35.5. The van der Waals surface area contributed by atoms with Crippen LogP contribution in [0.2, 0.25) is 5.02 Å². The Morgan fingerprint density at radius 1 is 1.12 bits per heavy atom. The van der Waals surface area contributed by atoms with Gasteiger partial charge in [0.15, 0.2) is 5.76 Å². The van der Waals surface area contributed by atoms with Crippen molar-refractivity contribution in [2.45, 2.75) is 19.9 Å². The highest BCUT2D eigenvalue weighted by Crippen LogP contribution is 2.43. The zero-order valence-electron chi connectivity index (χ0n) is 17.5. The summed E-state index contributed by atoms with van der Waals surface area (Å²) in [5, 5.41) is 0.766. The zero-order valence-corrected chi connectivity index (χ0v) is 18.3. The Bertz CT molecular complexity index is 1240. The molecular formula is C26H21ClFNO3. The molecule has 0 amide bonds. The molecule has 6 heteroatoms. The first kappa shape index (κ1) is 20.7. The molecule has 0 fully saturated rings. The van der Waals surface area contributed by atoms with E-state index in [0.29, 0.717) is 30.2 Å². The number of fused-ring (bicyclic) bond motifs is 2. The lowest BCUT2D eigenvalue weighted by Crippen LogP contribution is -2.34. The predicted molar refractivity (Wildman–Crippen MR) is 122 cm³/mol. The minimum absolute atomic E-state index is 0.177. The molecule has 0 aromatic heterocycles. The van der Waals surface area contributed by atoms with Gasteiger partial charge in [0.05, 0.1) is 5.56 Å². The second-order valence-electron chi connectivity index (χ2n) is 8.03. The van der Waals surface area contributed by atoms with E-state index >= 15 is 0 Å². The molecule has 0 saturated carbocycles. The number of hydrogen-bond donors (Lipinski definition) is 0. The third kappa shape index (κ3) is 3.90. The number of carbonyl (C=O) groups excluding carboxylic acids is 1. The van der Waals surface area contributed by atoms with E-state index in [1.807, 2.05) is 37.3 Å². The number of hydrogen-bond acceptors (Lipinski definition) is 4. The highest BCUT2D eigenvalue weighted by molar-refractivity contribution is 6.31. The molecule has 5 rings (SSSR count). The summed E-state index contributed by atoms with van der Waals surface area (Å²) in [5.41, 5.74) is 4.12. The summed E-state index contributed by atoms with van der Waals surface area (Å²) in [6.07, 6.45) is 2.45. The van der Waals surface area contributed by atoms with Crippen LogP contribution in [-0.4, -0.2) is 24.0 Å². The topological polar surface area (TPSA) is 38.8 Å². The van der Waals surface area contributed by atoms with Gasteiger partial charge >= 0.3 is 0 Å². The molecule has 0 saturated heterocycles. The summed E-state index contributed by atoms with van der Waals surface area (Å²) in [6, 6.07) is 15.6. The van der Waals surface area contributed by atoms with Gasteiger partial charge in [0, 0.05) is 29.2 Å². The third-order valence-corrected chi connectivity index (χ3v) is 6.19. The van der Waals surface area contributed by atoms with Crippen molar-refractivity contribution in [1.29, 1.82) is 0 Å². The lowest BCUT2D eigenvalue weighted by molar-refractivity contribution is 0.0954. The smallest absolute Gasteiger partial charge is 0.231 e. The summed E-state index contributed by atoms with van der Waals surface area (Å²) in [5.74, 6) is 1.03. The van der Waals surface area contributed by atoms with Crippen LogP contribution in [0.5, 0.6) is 11.5 Å². The van der Waals surface area contributed by atoms with Gasteiger partial charge in [-0.3, -0.25) is 9.69 Å². The molecule has 32 heavy (non-hydrogen) atoms. The molecule has 0 spiro atoms. The molecule has 0 bridgehead atoms. The third-order valence-electron chi connectivity index (χ3n) is 5.82. The molecule has 162 valence electrons. The number of carbonyl (C=O) groups is 1. The fourth-order valence-corrected chi connectivity index (χ4v) is 4.36. The van der Waals surface area contributed by atoms with E-state index in [2.05, 4.69) is 4.90 Å². The first-order valence-corrected chi connectivity index (χ1v) is 10.8. The van der Waals surface area contributed by atoms with E-state index in [9.17, 15) is 9.18 Å².